The summed E-state index contributed by atoms with van der Waals surface area (Å²) in [6.45, 7) is -0.325. The molecule has 0 bridgehead atoms. The third-order valence-corrected chi connectivity index (χ3v) is 2.18. The Kier molecular flexibility index (Phi) is 4.98. The lowest BCUT2D eigenvalue weighted by Gasteiger charge is -2.05. The highest BCUT2D eigenvalue weighted by atomic mass is 19.3. The maximum absolute atomic E-state index is 12.4. The summed E-state index contributed by atoms with van der Waals surface area (Å²) in [7, 11) is 0. The van der Waals surface area contributed by atoms with Gasteiger partial charge in [0.2, 0.25) is 0 Å². The van der Waals surface area contributed by atoms with E-state index in [-0.39, 0.29) is 12.2 Å². The summed E-state index contributed by atoms with van der Waals surface area (Å²) in [6, 6.07) is 9.46. The van der Waals surface area contributed by atoms with E-state index in [0.29, 0.717) is 12.8 Å². The predicted octanol–water partition coefficient (Wildman–Crippen LogP) is 2.80. The molecule has 0 saturated heterocycles. The lowest BCUT2D eigenvalue weighted by atomic mass is 10.0. The van der Waals surface area contributed by atoms with E-state index in [0.717, 1.165) is 5.56 Å². The monoisotopic (exact) mass is 212 g/mol. The van der Waals surface area contributed by atoms with Crippen molar-refractivity contribution in [3.05, 3.63) is 47.5 Å². The van der Waals surface area contributed by atoms with Gasteiger partial charge in [0.05, 0.1) is 6.61 Å². The van der Waals surface area contributed by atoms with Gasteiger partial charge < -0.3 is 5.11 Å². The second kappa shape index (κ2) is 6.30. The van der Waals surface area contributed by atoms with E-state index in [4.69, 9.17) is 5.11 Å². The molecule has 0 unspecified atom stereocenters. The quantitative estimate of drug-likeness (QED) is 0.744. The Morgan fingerprint density at radius 2 is 1.93 bits per heavy atom. The van der Waals surface area contributed by atoms with Crippen molar-refractivity contribution in [2.75, 3.05) is 6.61 Å². The number of rotatable bonds is 5. The number of aliphatic hydroxyl groups excluding tert-OH is 1. The molecule has 0 atom stereocenters. The minimum atomic E-state index is -2.47. The van der Waals surface area contributed by atoms with E-state index in [2.05, 4.69) is 0 Å². The Hall–Kier alpha value is -1.22. The largest absolute Gasteiger partial charge is 0.392 e. The molecule has 3 heteroatoms. The van der Waals surface area contributed by atoms with Crippen molar-refractivity contribution in [2.45, 2.75) is 19.3 Å². The van der Waals surface area contributed by atoms with Gasteiger partial charge in [-0.2, -0.15) is 0 Å². The van der Waals surface area contributed by atoms with Crippen molar-refractivity contribution in [1.29, 1.82) is 0 Å². The van der Waals surface area contributed by atoms with Gasteiger partial charge in [0, 0.05) is 0 Å². The first kappa shape index (κ1) is 11.9. The van der Waals surface area contributed by atoms with Crippen LogP contribution < -0.4 is 0 Å². The number of benzene rings is 1. The zero-order chi connectivity index (χ0) is 11.1. The van der Waals surface area contributed by atoms with Crippen LogP contribution in [0.2, 0.25) is 0 Å². The zero-order valence-corrected chi connectivity index (χ0v) is 8.37. The molecule has 82 valence electrons. The highest BCUT2D eigenvalue weighted by Gasteiger charge is 2.10. The molecule has 1 aromatic rings. The van der Waals surface area contributed by atoms with E-state index >= 15 is 0 Å². The van der Waals surface area contributed by atoms with Gasteiger partial charge >= 0.3 is 0 Å². The molecule has 0 aliphatic rings. The van der Waals surface area contributed by atoms with Gasteiger partial charge in [-0.05, 0) is 24.0 Å². The van der Waals surface area contributed by atoms with Gasteiger partial charge in [-0.1, -0.05) is 36.4 Å². The van der Waals surface area contributed by atoms with Gasteiger partial charge in [0.25, 0.3) is 6.43 Å². The summed E-state index contributed by atoms with van der Waals surface area (Å²) in [4.78, 5) is 0. The Balaban J connectivity index is 2.51. The van der Waals surface area contributed by atoms with Crippen LogP contribution in [0.5, 0.6) is 0 Å². The number of aryl methyl sites for hydroxylation is 1. The maximum atomic E-state index is 12.4. The zero-order valence-electron chi connectivity index (χ0n) is 8.37. The maximum Gasteiger partial charge on any atom is 0.260 e. The van der Waals surface area contributed by atoms with E-state index in [1.165, 1.54) is 6.08 Å². The van der Waals surface area contributed by atoms with Gasteiger partial charge in [0.15, 0.2) is 0 Å². The SMILES string of the molecule is OC/C=C(/CCc1ccccc1)C(F)F. The lowest BCUT2D eigenvalue weighted by molar-refractivity contribution is 0.183. The molecule has 1 aromatic carbocycles. The van der Waals surface area contributed by atoms with Crippen LogP contribution in [0.3, 0.4) is 0 Å². The molecule has 0 aliphatic carbocycles. The fraction of sp³-hybridized carbons (Fsp3) is 0.333. The molecule has 1 nitrogen and oxygen atoms in total. The van der Waals surface area contributed by atoms with Crippen LogP contribution in [-0.2, 0) is 6.42 Å². The molecular formula is C12H14F2O. The second-order valence-electron chi connectivity index (χ2n) is 3.25. The standard InChI is InChI=1S/C12H14F2O/c13-12(14)11(8-9-15)7-6-10-4-2-1-3-5-10/h1-5,8,12,15H,6-7,9H2/b11-8-. The first-order valence-corrected chi connectivity index (χ1v) is 4.86. The van der Waals surface area contributed by atoms with Crippen molar-refractivity contribution in [2.24, 2.45) is 0 Å². The summed E-state index contributed by atoms with van der Waals surface area (Å²) >= 11 is 0. The van der Waals surface area contributed by atoms with Crippen LogP contribution >= 0.6 is 0 Å². The molecule has 1 rings (SSSR count). The smallest absolute Gasteiger partial charge is 0.260 e. The number of aliphatic hydroxyl groups is 1. The Labute approximate surface area is 88.1 Å². The number of halogens is 2. The fourth-order valence-corrected chi connectivity index (χ4v) is 1.35. The number of hydrogen-bond donors (Lipinski definition) is 1. The highest BCUT2D eigenvalue weighted by Crippen LogP contribution is 2.15. The topological polar surface area (TPSA) is 20.2 Å². The second-order valence-corrected chi connectivity index (χ2v) is 3.25. The van der Waals surface area contributed by atoms with Crippen LogP contribution in [0, 0.1) is 0 Å². The van der Waals surface area contributed by atoms with Gasteiger partial charge in [0.1, 0.15) is 0 Å². The highest BCUT2D eigenvalue weighted by molar-refractivity contribution is 5.17. The molecular weight excluding hydrogens is 198 g/mol. The van der Waals surface area contributed by atoms with E-state index in [9.17, 15) is 8.78 Å². The third kappa shape index (κ3) is 4.21. The molecule has 0 spiro atoms. The first-order chi connectivity index (χ1) is 7.24. The van der Waals surface area contributed by atoms with Crippen LogP contribution in [0.1, 0.15) is 12.0 Å². The van der Waals surface area contributed by atoms with Crippen LogP contribution in [0.15, 0.2) is 42.0 Å². The van der Waals surface area contributed by atoms with Crippen LogP contribution in [-0.4, -0.2) is 18.1 Å². The molecule has 0 heterocycles. The summed E-state index contributed by atoms with van der Waals surface area (Å²) < 4.78 is 24.8. The van der Waals surface area contributed by atoms with Crippen molar-refractivity contribution in [1.82, 2.24) is 0 Å². The molecule has 1 N–H and O–H groups in total. The normalized spacial score (nSPS) is 12.1. The van der Waals surface area contributed by atoms with E-state index in [1.54, 1.807) is 0 Å². The van der Waals surface area contributed by atoms with Crippen molar-refractivity contribution in [3.63, 3.8) is 0 Å². The molecule has 0 aromatic heterocycles. The Bertz CT molecular complexity index is 307. The number of alkyl halides is 2. The Morgan fingerprint density at radius 3 is 2.47 bits per heavy atom. The molecule has 15 heavy (non-hydrogen) atoms. The predicted molar refractivity (Wildman–Crippen MR) is 55.9 cm³/mol. The van der Waals surface area contributed by atoms with Crippen molar-refractivity contribution >= 4 is 0 Å². The lowest BCUT2D eigenvalue weighted by Crippen LogP contribution is -2.00. The third-order valence-electron chi connectivity index (χ3n) is 2.18. The average molecular weight is 212 g/mol. The molecule has 0 saturated carbocycles. The van der Waals surface area contributed by atoms with Gasteiger partial charge in [-0.3, -0.25) is 0 Å². The van der Waals surface area contributed by atoms with Crippen LogP contribution in [0.25, 0.3) is 0 Å². The van der Waals surface area contributed by atoms with Gasteiger partial charge in [-0.15, -0.1) is 0 Å². The minimum absolute atomic E-state index is 0.0151. The van der Waals surface area contributed by atoms with E-state index < -0.39 is 6.43 Å². The average Bonchev–Trinajstić information content (AvgIpc) is 2.25. The summed E-state index contributed by atoms with van der Waals surface area (Å²) in [5.41, 5.74) is 1.04. The molecule has 0 aliphatic heterocycles. The molecule has 0 radical (unpaired) electrons. The van der Waals surface area contributed by atoms with E-state index in [1.807, 2.05) is 30.3 Å². The fourth-order valence-electron chi connectivity index (χ4n) is 1.35. The minimum Gasteiger partial charge on any atom is -0.392 e. The summed E-state index contributed by atoms with van der Waals surface area (Å²) in [5, 5.41) is 8.57. The first-order valence-electron chi connectivity index (χ1n) is 4.86. The summed E-state index contributed by atoms with van der Waals surface area (Å²) in [6.07, 6.45) is -0.409. The Morgan fingerprint density at radius 1 is 1.27 bits per heavy atom. The number of hydrogen-bond acceptors (Lipinski definition) is 1. The van der Waals surface area contributed by atoms with Crippen molar-refractivity contribution in [3.8, 4) is 0 Å². The summed E-state index contributed by atoms with van der Waals surface area (Å²) in [5.74, 6) is 0. The van der Waals surface area contributed by atoms with Gasteiger partial charge in [-0.25, -0.2) is 8.78 Å². The van der Waals surface area contributed by atoms with Crippen molar-refractivity contribution < 1.29 is 13.9 Å². The molecule has 0 amide bonds. The number of allylic oxidation sites excluding steroid dienone is 1. The molecule has 0 fully saturated rings. The van der Waals surface area contributed by atoms with Crippen LogP contribution in [0.4, 0.5) is 8.78 Å².